The zero-order valence-electron chi connectivity index (χ0n) is 9.51. The van der Waals surface area contributed by atoms with Gasteiger partial charge in [0.05, 0.1) is 12.7 Å². The smallest absolute Gasteiger partial charge is 0.337 e. The van der Waals surface area contributed by atoms with Crippen LogP contribution in [0.15, 0.2) is 28.8 Å². The Bertz CT molecular complexity index is 623. The lowest BCUT2D eigenvalue weighted by Gasteiger charge is -2.00. The summed E-state index contributed by atoms with van der Waals surface area (Å²) >= 11 is 0. The van der Waals surface area contributed by atoms with Gasteiger partial charge < -0.3 is 15.0 Å². The van der Waals surface area contributed by atoms with Gasteiger partial charge in [-0.2, -0.15) is 5.26 Å². The van der Waals surface area contributed by atoms with Crippen molar-refractivity contribution in [2.45, 2.75) is 0 Å². The van der Waals surface area contributed by atoms with Crippen molar-refractivity contribution in [1.29, 1.82) is 5.26 Å². The minimum absolute atomic E-state index is 0.0236. The summed E-state index contributed by atoms with van der Waals surface area (Å²) in [4.78, 5) is 11.3. The topological polar surface area (TPSA) is 102 Å². The highest BCUT2D eigenvalue weighted by molar-refractivity contribution is 5.90. The molecule has 0 unspecified atom stereocenters. The number of ether oxygens (including phenoxy) is 1. The second kappa shape index (κ2) is 4.59. The third kappa shape index (κ3) is 1.89. The predicted molar refractivity (Wildman–Crippen MR) is 62.4 cm³/mol. The number of nitrogens with zero attached hydrogens (tertiary/aromatic N) is 2. The second-order valence-electron chi connectivity index (χ2n) is 3.45. The normalized spacial score (nSPS) is 9.78. The quantitative estimate of drug-likeness (QED) is 0.803. The van der Waals surface area contributed by atoms with Gasteiger partial charge in [-0.25, -0.2) is 4.79 Å². The molecule has 0 aliphatic heterocycles. The lowest BCUT2D eigenvalue weighted by Crippen LogP contribution is -2.00. The largest absolute Gasteiger partial charge is 0.465 e. The molecule has 2 N–H and O–H groups in total. The number of esters is 1. The maximum Gasteiger partial charge on any atom is 0.337 e. The van der Waals surface area contributed by atoms with Crippen molar-refractivity contribution in [3.05, 3.63) is 35.4 Å². The molecule has 1 aromatic carbocycles. The fourth-order valence-corrected chi connectivity index (χ4v) is 1.49. The summed E-state index contributed by atoms with van der Waals surface area (Å²) in [6, 6.07) is 8.36. The number of nitrogens with two attached hydrogens (primary N) is 1. The third-order valence-corrected chi connectivity index (χ3v) is 2.41. The van der Waals surface area contributed by atoms with Crippen LogP contribution in [-0.4, -0.2) is 18.2 Å². The van der Waals surface area contributed by atoms with Gasteiger partial charge >= 0.3 is 5.97 Å². The molecule has 0 amide bonds. The molecule has 0 spiro atoms. The van der Waals surface area contributed by atoms with Crippen LogP contribution in [-0.2, 0) is 4.74 Å². The van der Waals surface area contributed by atoms with Crippen LogP contribution < -0.4 is 5.73 Å². The first-order chi connectivity index (χ1) is 8.67. The van der Waals surface area contributed by atoms with Gasteiger partial charge in [0.25, 0.3) is 0 Å². The Morgan fingerprint density at radius 3 is 2.67 bits per heavy atom. The second-order valence-corrected chi connectivity index (χ2v) is 3.45. The molecule has 0 radical (unpaired) electrons. The molecule has 18 heavy (non-hydrogen) atoms. The van der Waals surface area contributed by atoms with Crippen LogP contribution >= 0.6 is 0 Å². The lowest BCUT2D eigenvalue weighted by molar-refractivity contribution is 0.0601. The molecule has 6 heteroatoms. The zero-order valence-corrected chi connectivity index (χ0v) is 9.51. The molecule has 0 atom stereocenters. The Kier molecular flexibility index (Phi) is 2.98. The first kappa shape index (κ1) is 11.7. The van der Waals surface area contributed by atoms with Gasteiger partial charge in [0, 0.05) is 5.56 Å². The van der Waals surface area contributed by atoms with E-state index < -0.39 is 5.97 Å². The van der Waals surface area contributed by atoms with E-state index in [0.717, 1.165) is 0 Å². The van der Waals surface area contributed by atoms with Crippen molar-refractivity contribution in [3.8, 4) is 17.3 Å². The molecule has 0 aliphatic carbocycles. The van der Waals surface area contributed by atoms with Crippen LogP contribution in [0.3, 0.4) is 0 Å². The number of rotatable bonds is 2. The Labute approximate surface area is 103 Å². The van der Waals surface area contributed by atoms with Gasteiger partial charge in [-0.15, -0.1) is 0 Å². The fraction of sp³-hybridized carbons (Fsp3) is 0.0833. The molecule has 1 heterocycles. The van der Waals surface area contributed by atoms with Crippen molar-refractivity contribution in [2.24, 2.45) is 0 Å². The van der Waals surface area contributed by atoms with Gasteiger partial charge in [-0.1, -0.05) is 17.3 Å². The van der Waals surface area contributed by atoms with Crippen molar-refractivity contribution >= 4 is 11.9 Å². The molecule has 6 nitrogen and oxygen atoms in total. The fourth-order valence-electron chi connectivity index (χ4n) is 1.49. The van der Waals surface area contributed by atoms with E-state index in [-0.39, 0.29) is 11.4 Å². The van der Waals surface area contributed by atoms with Gasteiger partial charge in [0.1, 0.15) is 17.3 Å². The summed E-state index contributed by atoms with van der Waals surface area (Å²) in [5, 5.41) is 12.6. The van der Waals surface area contributed by atoms with Crippen LogP contribution in [0.5, 0.6) is 0 Å². The number of carbonyl (C=O) groups excluding carboxylic acids is 1. The number of anilines is 1. The molecular formula is C12H9N3O3. The number of nitriles is 1. The Hall–Kier alpha value is -2.81. The standard InChI is InChI=1S/C12H9N3O3/c1-17-12(16)8-4-2-7(3-5-8)10-9(6-13)11(14)18-15-10/h2-5H,14H2,1H3. The molecule has 2 aromatic rings. The van der Waals surface area contributed by atoms with E-state index in [1.165, 1.54) is 7.11 Å². The van der Waals surface area contributed by atoms with Crippen LogP contribution in [0.2, 0.25) is 0 Å². The van der Waals surface area contributed by atoms with Crippen LogP contribution in [0.4, 0.5) is 5.88 Å². The number of benzene rings is 1. The molecular weight excluding hydrogens is 234 g/mol. The lowest BCUT2D eigenvalue weighted by atomic mass is 10.1. The van der Waals surface area contributed by atoms with Gasteiger partial charge in [-0.3, -0.25) is 0 Å². The Morgan fingerprint density at radius 2 is 2.11 bits per heavy atom. The highest BCUT2D eigenvalue weighted by Crippen LogP contribution is 2.26. The minimum atomic E-state index is -0.429. The van der Waals surface area contributed by atoms with Gasteiger partial charge in [0.2, 0.25) is 5.88 Å². The highest BCUT2D eigenvalue weighted by Gasteiger charge is 2.15. The van der Waals surface area contributed by atoms with Gasteiger partial charge in [0.15, 0.2) is 0 Å². The average molecular weight is 243 g/mol. The molecule has 0 saturated heterocycles. The average Bonchev–Trinajstić information content (AvgIpc) is 2.79. The van der Waals surface area contributed by atoms with E-state index >= 15 is 0 Å². The van der Waals surface area contributed by atoms with Crippen LogP contribution in [0.1, 0.15) is 15.9 Å². The number of hydrogen-bond acceptors (Lipinski definition) is 6. The minimum Gasteiger partial charge on any atom is -0.465 e. The maximum absolute atomic E-state index is 11.3. The molecule has 0 aliphatic rings. The molecule has 0 bridgehead atoms. The van der Waals surface area contributed by atoms with Crippen molar-refractivity contribution in [3.63, 3.8) is 0 Å². The molecule has 0 fully saturated rings. The Balaban J connectivity index is 2.41. The molecule has 90 valence electrons. The summed E-state index contributed by atoms with van der Waals surface area (Å²) in [6.07, 6.45) is 0. The van der Waals surface area contributed by atoms with Gasteiger partial charge in [-0.05, 0) is 12.1 Å². The van der Waals surface area contributed by atoms with E-state index in [0.29, 0.717) is 16.8 Å². The summed E-state index contributed by atoms with van der Waals surface area (Å²) in [7, 11) is 1.31. The number of nitrogen functional groups attached to an aromatic ring is 1. The first-order valence-electron chi connectivity index (χ1n) is 5.01. The number of aromatic nitrogens is 1. The van der Waals surface area contributed by atoms with E-state index in [1.54, 1.807) is 24.3 Å². The Morgan fingerprint density at radius 1 is 1.44 bits per heavy atom. The predicted octanol–water partition coefficient (Wildman–Crippen LogP) is 1.58. The maximum atomic E-state index is 11.3. The van der Waals surface area contributed by atoms with Crippen LogP contribution in [0.25, 0.3) is 11.3 Å². The summed E-state index contributed by atoms with van der Waals surface area (Å²) in [6.45, 7) is 0. The van der Waals surface area contributed by atoms with Crippen molar-refractivity contribution in [2.75, 3.05) is 12.8 Å². The zero-order chi connectivity index (χ0) is 13.1. The van der Waals surface area contributed by atoms with E-state index in [9.17, 15) is 4.79 Å². The van der Waals surface area contributed by atoms with E-state index in [2.05, 4.69) is 9.89 Å². The number of hydrogen-bond donors (Lipinski definition) is 1. The highest BCUT2D eigenvalue weighted by atomic mass is 16.5. The first-order valence-corrected chi connectivity index (χ1v) is 5.01. The molecule has 0 saturated carbocycles. The van der Waals surface area contributed by atoms with Crippen molar-refractivity contribution in [1.82, 2.24) is 5.16 Å². The molecule has 2 rings (SSSR count). The molecule has 1 aromatic heterocycles. The number of methoxy groups -OCH3 is 1. The summed E-state index contributed by atoms with van der Waals surface area (Å²) in [5.74, 6) is -0.453. The number of carbonyl (C=O) groups is 1. The summed E-state index contributed by atoms with van der Waals surface area (Å²) < 4.78 is 9.34. The summed E-state index contributed by atoms with van der Waals surface area (Å²) in [5.41, 5.74) is 7.05. The van der Waals surface area contributed by atoms with E-state index in [4.69, 9.17) is 15.5 Å². The van der Waals surface area contributed by atoms with Crippen molar-refractivity contribution < 1.29 is 14.1 Å². The monoisotopic (exact) mass is 243 g/mol. The van der Waals surface area contributed by atoms with Crippen LogP contribution in [0, 0.1) is 11.3 Å². The van der Waals surface area contributed by atoms with E-state index in [1.807, 2.05) is 6.07 Å². The SMILES string of the molecule is COC(=O)c1ccc(-c2noc(N)c2C#N)cc1. The third-order valence-electron chi connectivity index (χ3n) is 2.41.